The van der Waals surface area contributed by atoms with Crippen LogP contribution >= 0.6 is 22.6 Å². The third-order valence-corrected chi connectivity index (χ3v) is 2.84. The molecular weight excluding hydrogens is 319 g/mol. The molecule has 0 spiro atoms. The van der Waals surface area contributed by atoms with Gasteiger partial charge in [-0.05, 0) is 46.7 Å². The molecule has 0 saturated heterocycles. The van der Waals surface area contributed by atoms with Crippen molar-refractivity contribution in [2.24, 2.45) is 5.11 Å². The maximum absolute atomic E-state index is 11.7. The van der Waals surface area contributed by atoms with Crippen molar-refractivity contribution < 1.29 is 4.79 Å². The molecule has 0 saturated carbocycles. The highest BCUT2D eigenvalue weighted by Crippen LogP contribution is 2.10. The van der Waals surface area contributed by atoms with Crippen molar-refractivity contribution in [3.8, 4) is 0 Å². The Morgan fingerprint density at radius 2 is 2.25 bits per heavy atom. The first-order valence-electron chi connectivity index (χ1n) is 4.79. The topological polar surface area (TPSA) is 77.9 Å². The van der Waals surface area contributed by atoms with Gasteiger partial charge in [0.05, 0.1) is 5.56 Å². The molecule has 1 N–H and O–H groups in total. The first-order valence-corrected chi connectivity index (χ1v) is 5.87. The van der Waals surface area contributed by atoms with Gasteiger partial charge in [0.1, 0.15) is 0 Å². The minimum absolute atomic E-state index is 0.0917. The summed E-state index contributed by atoms with van der Waals surface area (Å²) in [5, 5.41) is 6.16. The number of hydrogen-bond acceptors (Lipinski definition) is 2. The Kier molecular flexibility index (Phi) is 5.66. The van der Waals surface area contributed by atoms with E-state index in [0.717, 1.165) is 3.57 Å². The van der Waals surface area contributed by atoms with E-state index in [1.165, 1.54) is 0 Å². The van der Waals surface area contributed by atoms with Crippen LogP contribution in [0.4, 0.5) is 0 Å². The summed E-state index contributed by atoms with van der Waals surface area (Å²) in [6.07, 6.45) is 0.652. The van der Waals surface area contributed by atoms with Crippen molar-refractivity contribution >= 4 is 28.5 Å². The summed E-state index contributed by atoms with van der Waals surface area (Å²) in [6, 6.07) is 7.39. The summed E-state index contributed by atoms with van der Waals surface area (Å²) in [5.41, 5.74) is 8.73. The molecule has 0 aromatic heterocycles. The molecule has 0 atom stereocenters. The standard InChI is InChI=1S/C10H11IN4O/c11-9-5-2-1-4-8(9)10(16)13-6-3-7-14-15-12/h1-2,4-5H,3,6-7H2,(H,13,16). The molecule has 0 bridgehead atoms. The Balaban J connectivity index is 2.41. The Morgan fingerprint density at radius 3 is 2.94 bits per heavy atom. The van der Waals surface area contributed by atoms with Crippen LogP contribution in [0.5, 0.6) is 0 Å². The van der Waals surface area contributed by atoms with Crippen LogP contribution in [0.1, 0.15) is 16.8 Å². The van der Waals surface area contributed by atoms with Crippen molar-refractivity contribution in [3.63, 3.8) is 0 Å². The number of amides is 1. The lowest BCUT2D eigenvalue weighted by Crippen LogP contribution is -2.25. The zero-order chi connectivity index (χ0) is 11.8. The number of rotatable bonds is 5. The highest BCUT2D eigenvalue weighted by molar-refractivity contribution is 14.1. The smallest absolute Gasteiger partial charge is 0.252 e. The van der Waals surface area contributed by atoms with Crippen molar-refractivity contribution in [3.05, 3.63) is 43.8 Å². The van der Waals surface area contributed by atoms with E-state index in [9.17, 15) is 4.79 Å². The van der Waals surface area contributed by atoms with E-state index >= 15 is 0 Å². The van der Waals surface area contributed by atoms with E-state index in [4.69, 9.17) is 5.53 Å². The normalized spacial score (nSPS) is 9.31. The van der Waals surface area contributed by atoms with Crippen molar-refractivity contribution in [2.45, 2.75) is 6.42 Å². The van der Waals surface area contributed by atoms with Gasteiger partial charge in [0.15, 0.2) is 0 Å². The van der Waals surface area contributed by atoms with E-state index in [1.807, 2.05) is 18.2 Å². The van der Waals surface area contributed by atoms with Gasteiger partial charge in [-0.15, -0.1) is 0 Å². The average Bonchev–Trinajstić information content (AvgIpc) is 2.29. The minimum Gasteiger partial charge on any atom is -0.352 e. The summed E-state index contributed by atoms with van der Waals surface area (Å²) in [6.45, 7) is 0.922. The van der Waals surface area contributed by atoms with Gasteiger partial charge in [0.2, 0.25) is 0 Å². The molecule has 84 valence electrons. The number of halogens is 1. The van der Waals surface area contributed by atoms with Gasteiger partial charge >= 0.3 is 0 Å². The first-order chi connectivity index (χ1) is 7.75. The lowest BCUT2D eigenvalue weighted by molar-refractivity contribution is 0.0952. The number of carbonyl (C=O) groups is 1. The molecule has 1 aromatic rings. The Bertz CT molecular complexity index is 415. The number of benzene rings is 1. The van der Waals surface area contributed by atoms with Crippen molar-refractivity contribution in [1.29, 1.82) is 0 Å². The van der Waals surface area contributed by atoms with Gasteiger partial charge in [0.25, 0.3) is 5.91 Å². The van der Waals surface area contributed by atoms with Gasteiger partial charge in [0, 0.05) is 21.6 Å². The molecule has 0 aliphatic rings. The summed E-state index contributed by atoms with van der Waals surface area (Å²) >= 11 is 2.12. The predicted molar refractivity (Wildman–Crippen MR) is 70.1 cm³/mol. The van der Waals surface area contributed by atoms with Crippen LogP contribution in [0.25, 0.3) is 10.4 Å². The van der Waals surface area contributed by atoms with Crippen LogP contribution in [0, 0.1) is 3.57 Å². The zero-order valence-corrected chi connectivity index (χ0v) is 10.7. The van der Waals surface area contributed by atoms with E-state index in [0.29, 0.717) is 25.1 Å². The number of azide groups is 1. The fourth-order valence-corrected chi connectivity index (χ4v) is 1.77. The SMILES string of the molecule is [N-]=[N+]=NCCCNC(=O)c1ccccc1I. The molecule has 1 rings (SSSR count). The molecule has 6 heteroatoms. The third-order valence-electron chi connectivity index (χ3n) is 1.90. The van der Waals surface area contributed by atoms with Gasteiger partial charge in [-0.3, -0.25) is 4.79 Å². The number of nitrogens with zero attached hydrogens (tertiary/aromatic N) is 3. The second kappa shape index (κ2) is 7.08. The maximum Gasteiger partial charge on any atom is 0.252 e. The molecule has 0 fully saturated rings. The summed E-state index contributed by atoms with van der Waals surface area (Å²) in [5.74, 6) is -0.0917. The van der Waals surface area contributed by atoms with Crippen LogP contribution in [0.2, 0.25) is 0 Å². The van der Waals surface area contributed by atoms with Crippen molar-refractivity contribution in [2.75, 3.05) is 13.1 Å². The molecular formula is C10H11IN4O. The third kappa shape index (κ3) is 4.08. The second-order valence-electron chi connectivity index (χ2n) is 3.04. The monoisotopic (exact) mass is 330 g/mol. The Labute approximate surface area is 107 Å². The fraction of sp³-hybridized carbons (Fsp3) is 0.300. The van der Waals surface area contributed by atoms with E-state index in [2.05, 4.69) is 37.9 Å². The number of nitrogens with one attached hydrogen (secondary N) is 1. The summed E-state index contributed by atoms with van der Waals surface area (Å²) < 4.78 is 0.924. The summed E-state index contributed by atoms with van der Waals surface area (Å²) in [4.78, 5) is 14.3. The van der Waals surface area contributed by atoms with Crippen LogP contribution in [0.3, 0.4) is 0 Å². The minimum atomic E-state index is -0.0917. The molecule has 0 radical (unpaired) electrons. The van der Waals surface area contributed by atoms with Gasteiger partial charge in [-0.2, -0.15) is 0 Å². The van der Waals surface area contributed by atoms with E-state index in [1.54, 1.807) is 6.07 Å². The van der Waals surface area contributed by atoms with Crippen LogP contribution in [-0.2, 0) is 0 Å². The highest BCUT2D eigenvalue weighted by atomic mass is 127. The van der Waals surface area contributed by atoms with E-state index < -0.39 is 0 Å². The molecule has 0 unspecified atom stereocenters. The van der Waals surface area contributed by atoms with Crippen molar-refractivity contribution in [1.82, 2.24) is 5.32 Å². The molecule has 0 aliphatic heterocycles. The molecule has 0 aliphatic carbocycles. The Hall–Kier alpha value is -1.27. The highest BCUT2D eigenvalue weighted by Gasteiger charge is 2.07. The molecule has 5 nitrogen and oxygen atoms in total. The summed E-state index contributed by atoms with van der Waals surface area (Å²) in [7, 11) is 0. The van der Waals surface area contributed by atoms with Crippen LogP contribution in [-0.4, -0.2) is 19.0 Å². The van der Waals surface area contributed by atoms with E-state index in [-0.39, 0.29) is 5.91 Å². The van der Waals surface area contributed by atoms with Gasteiger partial charge in [-0.25, -0.2) is 0 Å². The fourth-order valence-electron chi connectivity index (χ4n) is 1.14. The van der Waals surface area contributed by atoms with Crippen LogP contribution in [0.15, 0.2) is 29.4 Å². The van der Waals surface area contributed by atoms with Gasteiger partial charge < -0.3 is 5.32 Å². The van der Waals surface area contributed by atoms with Gasteiger partial charge in [-0.1, -0.05) is 17.2 Å². The largest absolute Gasteiger partial charge is 0.352 e. The number of hydrogen-bond donors (Lipinski definition) is 1. The molecule has 0 heterocycles. The predicted octanol–water partition coefficient (Wildman–Crippen LogP) is 2.72. The Morgan fingerprint density at radius 1 is 1.50 bits per heavy atom. The quantitative estimate of drug-likeness (QED) is 0.291. The molecule has 16 heavy (non-hydrogen) atoms. The second-order valence-corrected chi connectivity index (χ2v) is 4.21. The average molecular weight is 330 g/mol. The van der Waals surface area contributed by atoms with Crippen LogP contribution < -0.4 is 5.32 Å². The lowest BCUT2D eigenvalue weighted by Gasteiger charge is -2.05. The first kappa shape index (κ1) is 12.8. The maximum atomic E-state index is 11.7. The molecule has 1 aromatic carbocycles. The number of carbonyl (C=O) groups excluding carboxylic acids is 1. The zero-order valence-electron chi connectivity index (χ0n) is 8.56. The molecule has 1 amide bonds. The lowest BCUT2D eigenvalue weighted by atomic mass is 10.2.